The van der Waals surface area contributed by atoms with Crippen molar-refractivity contribution in [2.75, 3.05) is 19.4 Å². The fourth-order valence-corrected chi connectivity index (χ4v) is 1.69. The van der Waals surface area contributed by atoms with E-state index in [9.17, 15) is 14.7 Å². The van der Waals surface area contributed by atoms with Gasteiger partial charge in [-0.3, -0.25) is 4.79 Å². The van der Waals surface area contributed by atoms with Gasteiger partial charge in [0.25, 0.3) is 5.91 Å². The number of rotatable bonds is 4. The van der Waals surface area contributed by atoms with Crippen LogP contribution >= 0.6 is 22.6 Å². The minimum atomic E-state index is -1.37. The third-order valence-corrected chi connectivity index (χ3v) is 3.13. The predicted octanol–water partition coefficient (Wildman–Crippen LogP) is 0.137. The van der Waals surface area contributed by atoms with Crippen LogP contribution in [0.15, 0.2) is 18.2 Å². The van der Waals surface area contributed by atoms with Crippen LogP contribution in [0.5, 0.6) is 0 Å². The van der Waals surface area contributed by atoms with Gasteiger partial charge in [-0.1, -0.05) is 0 Å². The van der Waals surface area contributed by atoms with Gasteiger partial charge in [-0.05, 0) is 40.8 Å². The first-order valence-corrected chi connectivity index (χ1v) is 6.12. The number of anilines is 1. The fourth-order valence-electron chi connectivity index (χ4n) is 1.18. The zero-order chi connectivity index (χ0) is 13.7. The standard InChI is InChI=1S/C11H13IN2O4/c1-18-11(17)9(15)5-14-10(16)6-2-3-8(13)7(12)4-6/h2-4,9,15H,5,13H2,1H3,(H,14,16). The number of nitrogen functional groups attached to an aromatic ring is 1. The monoisotopic (exact) mass is 364 g/mol. The van der Waals surface area contributed by atoms with Gasteiger partial charge in [0.15, 0.2) is 6.10 Å². The van der Waals surface area contributed by atoms with E-state index < -0.39 is 18.0 Å². The number of methoxy groups -OCH3 is 1. The summed E-state index contributed by atoms with van der Waals surface area (Å²) in [4.78, 5) is 22.6. The average molecular weight is 364 g/mol. The summed E-state index contributed by atoms with van der Waals surface area (Å²) < 4.78 is 5.08. The summed E-state index contributed by atoms with van der Waals surface area (Å²) in [5.74, 6) is -1.18. The van der Waals surface area contributed by atoms with Crippen LogP contribution in [-0.4, -0.2) is 36.7 Å². The number of esters is 1. The fraction of sp³-hybridized carbons (Fsp3) is 0.273. The Bertz CT molecular complexity index is 464. The maximum absolute atomic E-state index is 11.7. The van der Waals surface area contributed by atoms with Crippen molar-refractivity contribution < 1.29 is 19.4 Å². The van der Waals surface area contributed by atoms with E-state index in [4.69, 9.17) is 5.73 Å². The molecule has 6 nitrogen and oxygen atoms in total. The number of aliphatic hydroxyl groups excluding tert-OH is 1. The number of hydrogen-bond acceptors (Lipinski definition) is 5. The van der Waals surface area contributed by atoms with Crippen molar-refractivity contribution in [3.63, 3.8) is 0 Å². The van der Waals surface area contributed by atoms with Crippen molar-refractivity contribution in [3.05, 3.63) is 27.3 Å². The first kappa shape index (κ1) is 14.7. The highest BCUT2D eigenvalue weighted by Gasteiger charge is 2.16. The van der Waals surface area contributed by atoms with E-state index in [1.165, 1.54) is 0 Å². The van der Waals surface area contributed by atoms with Crippen LogP contribution in [0.3, 0.4) is 0 Å². The Morgan fingerprint density at radius 3 is 2.78 bits per heavy atom. The molecule has 0 aliphatic carbocycles. The van der Waals surface area contributed by atoms with Gasteiger partial charge in [-0.25, -0.2) is 4.79 Å². The third kappa shape index (κ3) is 3.84. The van der Waals surface area contributed by atoms with Crippen LogP contribution in [0.25, 0.3) is 0 Å². The SMILES string of the molecule is COC(=O)C(O)CNC(=O)c1ccc(N)c(I)c1. The molecule has 1 atom stereocenters. The van der Waals surface area contributed by atoms with Crippen molar-refractivity contribution in [2.45, 2.75) is 6.10 Å². The first-order chi connectivity index (χ1) is 8.45. The Labute approximate surface area is 118 Å². The lowest BCUT2D eigenvalue weighted by Crippen LogP contribution is -2.37. The van der Waals surface area contributed by atoms with Crippen LogP contribution in [0.2, 0.25) is 0 Å². The summed E-state index contributed by atoms with van der Waals surface area (Å²) in [6.07, 6.45) is -1.37. The summed E-state index contributed by atoms with van der Waals surface area (Å²) in [7, 11) is 1.16. The molecule has 98 valence electrons. The van der Waals surface area contributed by atoms with E-state index in [-0.39, 0.29) is 6.54 Å². The van der Waals surface area contributed by atoms with Gasteiger partial charge >= 0.3 is 5.97 Å². The van der Waals surface area contributed by atoms with Crippen molar-refractivity contribution in [2.24, 2.45) is 0 Å². The number of amides is 1. The quantitative estimate of drug-likeness (QED) is 0.401. The molecule has 0 bridgehead atoms. The van der Waals surface area contributed by atoms with Gasteiger partial charge in [0.1, 0.15) is 0 Å². The number of ether oxygens (including phenoxy) is 1. The zero-order valence-electron chi connectivity index (χ0n) is 9.64. The number of carbonyl (C=O) groups is 2. The number of benzene rings is 1. The molecular weight excluding hydrogens is 351 g/mol. The summed E-state index contributed by atoms with van der Waals surface area (Å²) in [5, 5.41) is 11.7. The molecular formula is C11H13IN2O4. The molecule has 1 aromatic carbocycles. The maximum atomic E-state index is 11.7. The second-order valence-corrected chi connectivity index (χ2v) is 4.65. The lowest BCUT2D eigenvalue weighted by Gasteiger charge is -2.10. The molecule has 0 heterocycles. The minimum Gasteiger partial charge on any atom is -0.467 e. The number of aliphatic hydroxyl groups is 1. The second kappa shape index (κ2) is 6.55. The van der Waals surface area contributed by atoms with Gasteiger partial charge in [-0.2, -0.15) is 0 Å². The van der Waals surface area contributed by atoms with E-state index in [2.05, 4.69) is 10.1 Å². The molecule has 0 saturated heterocycles. The van der Waals surface area contributed by atoms with E-state index in [0.29, 0.717) is 11.3 Å². The van der Waals surface area contributed by atoms with E-state index in [0.717, 1.165) is 10.7 Å². The highest BCUT2D eigenvalue weighted by molar-refractivity contribution is 14.1. The number of hydrogen-bond donors (Lipinski definition) is 3. The number of carbonyl (C=O) groups excluding carboxylic acids is 2. The Morgan fingerprint density at radius 2 is 2.22 bits per heavy atom. The largest absolute Gasteiger partial charge is 0.467 e. The van der Waals surface area contributed by atoms with Crippen LogP contribution < -0.4 is 11.1 Å². The van der Waals surface area contributed by atoms with E-state index in [1.54, 1.807) is 18.2 Å². The van der Waals surface area contributed by atoms with E-state index in [1.807, 2.05) is 22.6 Å². The number of halogens is 1. The lowest BCUT2D eigenvalue weighted by atomic mass is 10.2. The molecule has 0 aromatic heterocycles. The first-order valence-electron chi connectivity index (χ1n) is 5.04. The van der Waals surface area contributed by atoms with Gasteiger partial charge in [0.2, 0.25) is 0 Å². The predicted molar refractivity (Wildman–Crippen MR) is 73.9 cm³/mol. The van der Waals surface area contributed by atoms with E-state index >= 15 is 0 Å². The Kier molecular flexibility index (Phi) is 5.35. The smallest absolute Gasteiger partial charge is 0.336 e. The van der Waals surface area contributed by atoms with Gasteiger partial charge in [0.05, 0.1) is 13.7 Å². The third-order valence-electron chi connectivity index (χ3n) is 2.19. The Balaban J connectivity index is 2.60. The summed E-state index contributed by atoms with van der Waals surface area (Å²) >= 11 is 2.01. The highest BCUT2D eigenvalue weighted by atomic mass is 127. The molecule has 1 unspecified atom stereocenters. The van der Waals surface area contributed by atoms with Crippen LogP contribution in [-0.2, 0) is 9.53 Å². The zero-order valence-corrected chi connectivity index (χ0v) is 11.8. The molecule has 1 aromatic rings. The number of nitrogens with two attached hydrogens (primary N) is 1. The molecule has 0 radical (unpaired) electrons. The molecule has 0 saturated carbocycles. The summed E-state index contributed by atoms with van der Waals surface area (Å²) in [5.41, 5.74) is 6.62. The molecule has 0 aliphatic rings. The van der Waals surface area contributed by atoms with Crippen LogP contribution in [0.4, 0.5) is 5.69 Å². The molecule has 1 rings (SSSR count). The molecule has 0 fully saturated rings. The summed E-state index contributed by atoms with van der Waals surface area (Å²) in [6, 6.07) is 4.81. The Hall–Kier alpha value is -1.35. The molecule has 4 N–H and O–H groups in total. The molecule has 1 amide bonds. The normalized spacial score (nSPS) is 11.7. The van der Waals surface area contributed by atoms with Crippen LogP contribution in [0.1, 0.15) is 10.4 Å². The van der Waals surface area contributed by atoms with Crippen molar-refractivity contribution in [3.8, 4) is 0 Å². The van der Waals surface area contributed by atoms with Crippen molar-refractivity contribution in [1.82, 2.24) is 5.32 Å². The maximum Gasteiger partial charge on any atom is 0.336 e. The Morgan fingerprint density at radius 1 is 1.56 bits per heavy atom. The molecule has 0 aliphatic heterocycles. The summed E-state index contributed by atoms with van der Waals surface area (Å²) in [6.45, 7) is -0.202. The molecule has 7 heteroatoms. The topological polar surface area (TPSA) is 102 Å². The van der Waals surface area contributed by atoms with Crippen molar-refractivity contribution >= 4 is 40.2 Å². The average Bonchev–Trinajstić information content (AvgIpc) is 2.37. The van der Waals surface area contributed by atoms with Crippen LogP contribution in [0, 0.1) is 3.57 Å². The second-order valence-electron chi connectivity index (χ2n) is 3.49. The van der Waals surface area contributed by atoms with Gasteiger partial charge in [0, 0.05) is 14.8 Å². The minimum absolute atomic E-state index is 0.202. The van der Waals surface area contributed by atoms with Gasteiger partial charge < -0.3 is 20.9 Å². The number of nitrogens with one attached hydrogen (secondary N) is 1. The van der Waals surface area contributed by atoms with Crippen molar-refractivity contribution in [1.29, 1.82) is 0 Å². The molecule has 18 heavy (non-hydrogen) atoms. The lowest BCUT2D eigenvalue weighted by molar-refractivity contribution is -0.149. The highest BCUT2D eigenvalue weighted by Crippen LogP contribution is 2.16. The van der Waals surface area contributed by atoms with Gasteiger partial charge in [-0.15, -0.1) is 0 Å². The molecule has 0 spiro atoms.